The van der Waals surface area contributed by atoms with Crippen LogP contribution in [0.5, 0.6) is 5.75 Å². The molecular formula is C23H32N2O2. The van der Waals surface area contributed by atoms with Crippen LogP contribution in [-0.4, -0.2) is 25.6 Å². The van der Waals surface area contributed by atoms with Gasteiger partial charge in [0.25, 0.3) is 0 Å². The van der Waals surface area contributed by atoms with Gasteiger partial charge in [0.2, 0.25) is 5.91 Å². The molecular weight excluding hydrogens is 336 g/mol. The summed E-state index contributed by atoms with van der Waals surface area (Å²) in [5.41, 5.74) is 2.19. The van der Waals surface area contributed by atoms with Gasteiger partial charge in [-0.1, -0.05) is 62.9 Å². The Morgan fingerprint density at radius 3 is 2.41 bits per heavy atom. The van der Waals surface area contributed by atoms with Gasteiger partial charge in [0, 0.05) is 18.7 Å². The summed E-state index contributed by atoms with van der Waals surface area (Å²) in [6.45, 7) is 3.91. The molecule has 1 amide bonds. The van der Waals surface area contributed by atoms with E-state index in [0.717, 1.165) is 30.8 Å². The van der Waals surface area contributed by atoms with Crippen LogP contribution < -0.4 is 15.4 Å². The quantitative estimate of drug-likeness (QED) is 0.499. The second-order valence-electron chi connectivity index (χ2n) is 6.73. The van der Waals surface area contributed by atoms with Gasteiger partial charge in [-0.2, -0.15) is 0 Å². The molecule has 146 valence electrons. The molecule has 2 N–H and O–H groups in total. The molecule has 0 aliphatic rings. The summed E-state index contributed by atoms with van der Waals surface area (Å²) in [5.74, 6) is 0.877. The molecule has 0 saturated carbocycles. The molecule has 0 unspecified atom stereocenters. The average Bonchev–Trinajstić information content (AvgIpc) is 2.71. The molecule has 4 nitrogen and oxygen atoms in total. The molecule has 0 radical (unpaired) electrons. The van der Waals surface area contributed by atoms with Crippen LogP contribution in [0.1, 0.15) is 44.6 Å². The van der Waals surface area contributed by atoms with Crippen molar-refractivity contribution in [2.75, 3.05) is 25.0 Å². The van der Waals surface area contributed by atoms with Crippen LogP contribution in [0, 0.1) is 0 Å². The van der Waals surface area contributed by atoms with Crippen molar-refractivity contribution >= 4 is 11.6 Å². The van der Waals surface area contributed by atoms with Crippen molar-refractivity contribution in [3.8, 4) is 5.75 Å². The first kappa shape index (κ1) is 20.8. The van der Waals surface area contributed by atoms with Crippen molar-refractivity contribution in [3.63, 3.8) is 0 Å². The van der Waals surface area contributed by atoms with Crippen LogP contribution in [0.15, 0.2) is 54.6 Å². The molecule has 0 heterocycles. The third-order valence-electron chi connectivity index (χ3n) is 4.41. The topological polar surface area (TPSA) is 50.4 Å². The SMILES string of the molecule is CCCCCCCNC(=O)CNc1ccc(OCCc2ccccc2)cc1. The van der Waals surface area contributed by atoms with Crippen LogP contribution in [0.25, 0.3) is 0 Å². The van der Waals surface area contributed by atoms with Crippen LogP contribution in [0.3, 0.4) is 0 Å². The summed E-state index contributed by atoms with van der Waals surface area (Å²) >= 11 is 0. The maximum absolute atomic E-state index is 11.8. The molecule has 0 saturated heterocycles. The van der Waals surface area contributed by atoms with Gasteiger partial charge in [-0.25, -0.2) is 0 Å². The number of hydrogen-bond donors (Lipinski definition) is 2. The third kappa shape index (κ3) is 9.13. The number of nitrogens with one attached hydrogen (secondary N) is 2. The van der Waals surface area contributed by atoms with Gasteiger partial charge >= 0.3 is 0 Å². The van der Waals surface area contributed by atoms with Gasteiger partial charge in [-0.15, -0.1) is 0 Å². The molecule has 0 fully saturated rings. The fraction of sp³-hybridized carbons (Fsp3) is 0.435. The maximum Gasteiger partial charge on any atom is 0.239 e. The zero-order valence-corrected chi connectivity index (χ0v) is 16.4. The zero-order valence-electron chi connectivity index (χ0n) is 16.4. The monoisotopic (exact) mass is 368 g/mol. The van der Waals surface area contributed by atoms with Crippen LogP contribution in [-0.2, 0) is 11.2 Å². The Labute approximate surface area is 163 Å². The van der Waals surface area contributed by atoms with Gasteiger partial charge in [0.05, 0.1) is 13.2 Å². The summed E-state index contributed by atoms with van der Waals surface area (Å²) in [7, 11) is 0. The summed E-state index contributed by atoms with van der Waals surface area (Å²) in [6.07, 6.45) is 6.91. The molecule has 0 spiro atoms. The summed E-state index contributed by atoms with van der Waals surface area (Å²) in [4.78, 5) is 11.8. The normalized spacial score (nSPS) is 10.4. The van der Waals surface area contributed by atoms with E-state index in [0.29, 0.717) is 13.2 Å². The highest BCUT2D eigenvalue weighted by Crippen LogP contribution is 2.16. The lowest BCUT2D eigenvalue weighted by atomic mass is 10.1. The van der Waals surface area contributed by atoms with Gasteiger partial charge in [0.1, 0.15) is 5.75 Å². The number of rotatable bonds is 13. The van der Waals surface area contributed by atoms with Crippen molar-refractivity contribution in [3.05, 3.63) is 60.2 Å². The van der Waals surface area contributed by atoms with E-state index >= 15 is 0 Å². The summed E-state index contributed by atoms with van der Waals surface area (Å²) in [6, 6.07) is 18.0. The van der Waals surface area contributed by atoms with E-state index in [2.05, 4.69) is 29.7 Å². The Kier molecular flexibility index (Phi) is 9.87. The highest BCUT2D eigenvalue weighted by atomic mass is 16.5. The van der Waals surface area contributed by atoms with Crippen molar-refractivity contribution in [2.45, 2.75) is 45.4 Å². The van der Waals surface area contributed by atoms with Crippen molar-refractivity contribution < 1.29 is 9.53 Å². The van der Waals surface area contributed by atoms with Crippen molar-refractivity contribution in [1.82, 2.24) is 5.32 Å². The van der Waals surface area contributed by atoms with Gasteiger partial charge in [-0.05, 0) is 36.2 Å². The van der Waals surface area contributed by atoms with E-state index in [9.17, 15) is 4.79 Å². The lowest BCUT2D eigenvalue weighted by Crippen LogP contribution is -2.30. The Hall–Kier alpha value is -2.49. The molecule has 0 bridgehead atoms. The summed E-state index contributed by atoms with van der Waals surface area (Å²) in [5, 5.41) is 6.11. The van der Waals surface area contributed by atoms with Gasteiger partial charge < -0.3 is 15.4 Å². The molecule has 27 heavy (non-hydrogen) atoms. The fourth-order valence-electron chi connectivity index (χ4n) is 2.80. The smallest absolute Gasteiger partial charge is 0.239 e. The number of carbonyl (C=O) groups excluding carboxylic acids is 1. The van der Waals surface area contributed by atoms with E-state index in [-0.39, 0.29) is 5.91 Å². The first-order valence-corrected chi connectivity index (χ1v) is 10.1. The highest BCUT2D eigenvalue weighted by molar-refractivity contribution is 5.80. The first-order valence-electron chi connectivity index (χ1n) is 10.1. The minimum Gasteiger partial charge on any atom is -0.493 e. The number of ether oxygens (including phenoxy) is 1. The number of amides is 1. The predicted molar refractivity (Wildman–Crippen MR) is 112 cm³/mol. The third-order valence-corrected chi connectivity index (χ3v) is 4.41. The van der Waals surface area contributed by atoms with Crippen LogP contribution >= 0.6 is 0 Å². The second-order valence-corrected chi connectivity index (χ2v) is 6.73. The lowest BCUT2D eigenvalue weighted by molar-refractivity contribution is -0.119. The minimum absolute atomic E-state index is 0.0358. The van der Waals surface area contributed by atoms with Gasteiger partial charge in [0.15, 0.2) is 0 Å². The second kappa shape index (κ2) is 12.8. The summed E-state index contributed by atoms with van der Waals surface area (Å²) < 4.78 is 5.78. The van der Waals surface area contributed by atoms with E-state index < -0.39 is 0 Å². The first-order chi connectivity index (χ1) is 13.3. The number of anilines is 1. The minimum atomic E-state index is 0.0358. The van der Waals surface area contributed by atoms with Crippen molar-refractivity contribution in [2.24, 2.45) is 0 Å². The molecule has 2 aromatic rings. The standard InChI is InChI=1S/C23H32N2O2/c1-2-3-4-5-9-17-24-23(26)19-25-21-12-14-22(15-13-21)27-18-16-20-10-7-6-8-11-20/h6-8,10-15,25H,2-5,9,16-19H2,1H3,(H,24,26). The molecule has 2 rings (SSSR count). The van der Waals surface area contributed by atoms with E-state index in [1.165, 1.54) is 31.2 Å². The molecule has 0 aliphatic heterocycles. The predicted octanol–water partition coefficient (Wildman–Crippen LogP) is 4.81. The van der Waals surface area contributed by atoms with E-state index in [1.54, 1.807) is 0 Å². The van der Waals surface area contributed by atoms with Gasteiger partial charge in [-0.3, -0.25) is 4.79 Å². The van der Waals surface area contributed by atoms with E-state index in [1.807, 2.05) is 42.5 Å². The molecule has 0 aliphatic carbocycles. The molecule has 0 atom stereocenters. The van der Waals surface area contributed by atoms with E-state index in [4.69, 9.17) is 4.74 Å². The van der Waals surface area contributed by atoms with Crippen LogP contribution in [0.2, 0.25) is 0 Å². The lowest BCUT2D eigenvalue weighted by Gasteiger charge is -2.10. The molecule has 4 heteroatoms. The Bertz CT molecular complexity index is 641. The number of unbranched alkanes of at least 4 members (excludes halogenated alkanes) is 4. The molecule has 0 aromatic heterocycles. The van der Waals surface area contributed by atoms with Crippen molar-refractivity contribution in [1.29, 1.82) is 0 Å². The number of carbonyl (C=O) groups is 1. The average molecular weight is 369 g/mol. The fourth-order valence-corrected chi connectivity index (χ4v) is 2.80. The Balaban J connectivity index is 1.58. The zero-order chi connectivity index (χ0) is 19.2. The number of benzene rings is 2. The number of hydrogen-bond acceptors (Lipinski definition) is 3. The molecule has 2 aromatic carbocycles. The highest BCUT2D eigenvalue weighted by Gasteiger charge is 2.01. The largest absolute Gasteiger partial charge is 0.493 e. The van der Waals surface area contributed by atoms with Crippen LogP contribution in [0.4, 0.5) is 5.69 Å². The maximum atomic E-state index is 11.8. The Morgan fingerprint density at radius 1 is 0.926 bits per heavy atom. The Morgan fingerprint density at radius 2 is 1.67 bits per heavy atom.